The molecule has 1 heterocycles. The lowest BCUT2D eigenvalue weighted by molar-refractivity contribution is -0.116. The van der Waals surface area contributed by atoms with E-state index in [2.05, 4.69) is 5.10 Å². The number of carbonyl (C=O) groups excluding carboxylic acids is 1. The Morgan fingerprint density at radius 2 is 1.57 bits per heavy atom. The van der Waals surface area contributed by atoms with Crippen LogP contribution in [0.2, 0.25) is 0 Å². The van der Waals surface area contributed by atoms with Crippen LogP contribution in [0.15, 0.2) is 64.6 Å². The summed E-state index contributed by atoms with van der Waals surface area (Å²) in [5.74, 6) is -0.547. The van der Waals surface area contributed by atoms with Crippen LogP contribution < -0.4 is 5.01 Å². The van der Waals surface area contributed by atoms with E-state index in [0.29, 0.717) is 5.69 Å². The SMILES string of the molecule is CC1=NN(c2ccccc2)C(=O)C1S(=O)(=O)c1ccc(C)cc1. The van der Waals surface area contributed by atoms with Gasteiger partial charge < -0.3 is 0 Å². The number of aryl methyl sites for hydroxylation is 1. The molecule has 1 aliphatic rings. The summed E-state index contributed by atoms with van der Waals surface area (Å²) in [7, 11) is -3.82. The maximum atomic E-state index is 12.8. The van der Waals surface area contributed by atoms with E-state index in [9.17, 15) is 13.2 Å². The lowest BCUT2D eigenvalue weighted by atomic mass is 10.2. The summed E-state index contributed by atoms with van der Waals surface area (Å²) in [5.41, 5.74) is 1.79. The second-order valence-electron chi connectivity index (χ2n) is 5.47. The number of anilines is 1. The molecule has 0 bridgehead atoms. The Morgan fingerprint density at radius 3 is 2.17 bits per heavy atom. The lowest BCUT2D eigenvalue weighted by Crippen LogP contribution is -2.37. The quantitative estimate of drug-likeness (QED) is 0.869. The van der Waals surface area contributed by atoms with Crippen molar-refractivity contribution in [2.45, 2.75) is 24.0 Å². The molecule has 0 spiro atoms. The van der Waals surface area contributed by atoms with Gasteiger partial charge in [0.25, 0.3) is 5.91 Å². The van der Waals surface area contributed by atoms with E-state index in [0.717, 1.165) is 10.6 Å². The highest BCUT2D eigenvalue weighted by molar-refractivity contribution is 7.93. The smallest absolute Gasteiger partial charge is 0.271 e. The van der Waals surface area contributed by atoms with Gasteiger partial charge in [0.1, 0.15) is 0 Å². The maximum absolute atomic E-state index is 12.8. The Bertz CT molecular complexity index is 872. The van der Waals surface area contributed by atoms with Crippen molar-refractivity contribution in [2.75, 3.05) is 5.01 Å². The van der Waals surface area contributed by atoms with E-state index >= 15 is 0 Å². The standard InChI is InChI=1S/C17H16N2O3S/c1-12-8-10-15(11-9-12)23(21,22)16-13(2)18-19(17(16)20)14-6-4-3-5-7-14/h3-11,16H,1-2H3. The van der Waals surface area contributed by atoms with Gasteiger partial charge in [0.15, 0.2) is 15.1 Å². The average Bonchev–Trinajstić information content (AvgIpc) is 2.84. The van der Waals surface area contributed by atoms with Gasteiger partial charge >= 0.3 is 0 Å². The lowest BCUT2D eigenvalue weighted by Gasteiger charge is -2.15. The number of benzene rings is 2. The van der Waals surface area contributed by atoms with Crippen LogP contribution in [0.4, 0.5) is 5.69 Å². The highest BCUT2D eigenvalue weighted by Crippen LogP contribution is 2.27. The zero-order chi connectivity index (χ0) is 16.6. The third kappa shape index (κ3) is 2.66. The second kappa shape index (κ2) is 5.62. The number of sulfone groups is 1. The number of rotatable bonds is 3. The number of hydrogen-bond acceptors (Lipinski definition) is 4. The molecule has 6 heteroatoms. The zero-order valence-corrected chi connectivity index (χ0v) is 13.6. The minimum atomic E-state index is -3.82. The van der Waals surface area contributed by atoms with Gasteiger partial charge in [-0.05, 0) is 38.1 Å². The minimum Gasteiger partial charge on any atom is -0.271 e. The first-order chi connectivity index (χ1) is 10.9. The molecule has 1 amide bonds. The normalized spacial score (nSPS) is 18.2. The topological polar surface area (TPSA) is 66.8 Å². The molecule has 0 aromatic heterocycles. The first kappa shape index (κ1) is 15.4. The van der Waals surface area contributed by atoms with Gasteiger partial charge in [-0.15, -0.1) is 0 Å². The zero-order valence-electron chi connectivity index (χ0n) is 12.8. The fourth-order valence-electron chi connectivity index (χ4n) is 2.52. The summed E-state index contributed by atoms with van der Waals surface area (Å²) in [6, 6.07) is 15.3. The largest absolute Gasteiger partial charge is 0.271 e. The molecule has 5 nitrogen and oxygen atoms in total. The molecule has 118 valence electrons. The van der Waals surface area contributed by atoms with Crippen LogP contribution >= 0.6 is 0 Å². The van der Waals surface area contributed by atoms with Gasteiger partial charge in [0, 0.05) is 0 Å². The van der Waals surface area contributed by atoms with Crippen molar-refractivity contribution in [3.63, 3.8) is 0 Å². The Morgan fingerprint density at radius 1 is 0.957 bits per heavy atom. The molecule has 0 fully saturated rings. The third-order valence-corrected chi connectivity index (χ3v) is 5.82. The molecule has 0 N–H and O–H groups in total. The van der Waals surface area contributed by atoms with E-state index in [-0.39, 0.29) is 10.6 Å². The summed E-state index contributed by atoms with van der Waals surface area (Å²) in [6.45, 7) is 3.44. The van der Waals surface area contributed by atoms with Crippen molar-refractivity contribution in [1.29, 1.82) is 0 Å². The molecule has 2 aromatic carbocycles. The van der Waals surface area contributed by atoms with Crippen LogP contribution in [-0.2, 0) is 14.6 Å². The summed E-state index contributed by atoms with van der Waals surface area (Å²) < 4.78 is 25.6. The molecule has 0 saturated heterocycles. The van der Waals surface area contributed by atoms with Gasteiger partial charge in [0.2, 0.25) is 0 Å². The van der Waals surface area contributed by atoms with Gasteiger partial charge in [-0.2, -0.15) is 10.1 Å². The second-order valence-corrected chi connectivity index (χ2v) is 7.50. The Balaban J connectivity index is 2.00. The highest BCUT2D eigenvalue weighted by Gasteiger charge is 2.44. The highest BCUT2D eigenvalue weighted by atomic mass is 32.2. The molecule has 1 aliphatic heterocycles. The Kier molecular flexibility index (Phi) is 3.77. The van der Waals surface area contributed by atoms with Crippen LogP contribution in [0.3, 0.4) is 0 Å². The number of para-hydroxylation sites is 1. The maximum Gasteiger partial charge on any atom is 0.271 e. The Hall–Kier alpha value is -2.47. The van der Waals surface area contributed by atoms with Crippen LogP contribution in [0.25, 0.3) is 0 Å². The van der Waals surface area contributed by atoms with Gasteiger partial charge in [-0.1, -0.05) is 35.9 Å². The predicted molar refractivity (Wildman–Crippen MR) is 89.2 cm³/mol. The first-order valence-corrected chi connectivity index (χ1v) is 8.70. The van der Waals surface area contributed by atoms with Crippen LogP contribution in [0, 0.1) is 6.92 Å². The number of nitrogens with zero attached hydrogens (tertiary/aromatic N) is 2. The van der Waals surface area contributed by atoms with E-state index in [1.54, 1.807) is 43.3 Å². The van der Waals surface area contributed by atoms with Crippen molar-refractivity contribution in [3.05, 3.63) is 60.2 Å². The first-order valence-electron chi connectivity index (χ1n) is 7.16. The summed E-state index contributed by atoms with van der Waals surface area (Å²) in [4.78, 5) is 12.8. The predicted octanol–water partition coefficient (Wildman–Crippen LogP) is 2.56. The minimum absolute atomic E-state index is 0.130. The summed E-state index contributed by atoms with van der Waals surface area (Å²) in [5, 5.41) is 4.04. The molecule has 0 aliphatic carbocycles. The number of hydrazone groups is 1. The van der Waals surface area contributed by atoms with Gasteiger partial charge in [0.05, 0.1) is 16.3 Å². The summed E-state index contributed by atoms with van der Waals surface area (Å²) in [6.07, 6.45) is 0. The molecule has 0 radical (unpaired) electrons. The Labute approximate surface area is 135 Å². The fourth-order valence-corrected chi connectivity index (χ4v) is 4.17. The average molecular weight is 328 g/mol. The van der Waals surface area contributed by atoms with Crippen LogP contribution in [0.1, 0.15) is 12.5 Å². The van der Waals surface area contributed by atoms with E-state index < -0.39 is 21.0 Å². The molecule has 3 rings (SSSR count). The molecule has 0 saturated carbocycles. The number of amides is 1. The number of hydrogen-bond donors (Lipinski definition) is 0. The van der Waals surface area contributed by atoms with Crippen molar-refractivity contribution in [3.8, 4) is 0 Å². The number of carbonyl (C=O) groups is 1. The van der Waals surface area contributed by atoms with Crippen molar-refractivity contribution in [2.24, 2.45) is 5.10 Å². The molecule has 23 heavy (non-hydrogen) atoms. The van der Waals surface area contributed by atoms with E-state index in [1.807, 2.05) is 13.0 Å². The molecule has 2 aromatic rings. The molecule has 1 atom stereocenters. The van der Waals surface area contributed by atoms with Crippen molar-refractivity contribution in [1.82, 2.24) is 0 Å². The molecular formula is C17H16N2O3S. The molecular weight excluding hydrogens is 312 g/mol. The van der Waals surface area contributed by atoms with Crippen LogP contribution in [-0.4, -0.2) is 25.3 Å². The van der Waals surface area contributed by atoms with Crippen molar-refractivity contribution < 1.29 is 13.2 Å². The summed E-state index contributed by atoms with van der Waals surface area (Å²) >= 11 is 0. The third-order valence-electron chi connectivity index (χ3n) is 3.73. The van der Waals surface area contributed by atoms with Crippen LogP contribution in [0.5, 0.6) is 0 Å². The van der Waals surface area contributed by atoms with Crippen molar-refractivity contribution >= 4 is 27.1 Å². The van der Waals surface area contributed by atoms with E-state index in [4.69, 9.17) is 0 Å². The van der Waals surface area contributed by atoms with E-state index in [1.165, 1.54) is 12.1 Å². The van der Waals surface area contributed by atoms with Gasteiger partial charge in [-0.3, -0.25) is 4.79 Å². The molecule has 1 unspecified atom stereocenters. The monoisotopic (exact) mass is 328 g/mol. The fraction of sp³-hybridized carbons (Fsp3) is 0.176. The van der Waals surface area contributed by atoms with Gasteiger partial charge in [-0.25, -0.2) is 8.42 Å².